The molecule has 0 saturated heterocycles. The minimum atomic E-state index is -3.80. The zero-order valence-electron chi connectivity index (χ0n) is 16.3. The molecule has 1 atom stereocenters. The molecule has 1 fully saturated rings. The lowest BCUT2D eigenvalue weighted by Gasteiger charge is -2.35. The van der Waals surface area contributed by atoms with Gasteiger partial charge in [-0.25, -0.2) is 8.42 Å². The Morgan fingerprint density at radius 1 is 1.11 bits per heavy atom. The third-order valence-corrected chi connectivity index (χ3v) is 7.70. The number of hydrogen-bond acceptors (Lipinski definition) is 3. The summed E-state index contributed by atoms with van der Waals surface area (Å²) in [6.07, 6.45) is 2.67. The van der Waals surface area contributed by atoms with Gasteiger partial charge in [0, 0.05) is 13.1 Å². The molecule has 2 aromatic rings. The number of carbonyl (C=O) groups excluding carboxylic acids is 1. The fourth-order valence-corrected chi connectivity index (χ4v) is 5.65. The Bertz CT molecular complexity index is 1010. The molecule has 148 valence electrons. The molecule has 4 rings (SSSR count). The first-order valence-corrected chi connectivity index (χ1v) is 11.2. The van der Waals surface area contributed by atoms with E-state index in [0.717, 1.165) is 29.5 Å². The van der Waals surface area contributed by atoms with Gasteiger partial charge in [-0.15, -0.1) is 0 Å². The van der Waals surface area contributed by atoms with Crippen molar-refractivity contribution < 1.29 is 13.2 Å². The molecule has 2 aliphatic rings. The van der Waals surface area contributed by atoms with E-state index in [0.29, 0.717) is 24.4 Å². The number of benzene rings is 2. The van der Waals surface area contributed by atoms with Gasteiger partial charge in [0.25, 0.3) is 0 Å². The lowest BCUT2D eigenvalue weighted by Crippen LogP contribution is -2.52. The lowest BCUT2D eigenvalue weighted by molar-refractivity contribution is -0.125. The monoisotopic (exact) mass is 398 g/mol. The fraction of sp³-hybridized carbons (Fsp3) is 0.409. The quantitative estimate of drug-likeness (QED) is 0.842. The van der Waals surface area contributed by atoms with Crippen molar-refractivity contribution in [2.75, 3.05) is 6.54 Å². The first-order chi connectivity index (χ1) is 13.4. The van der Waals surface area contributed by atoms with Gasteiger partial charge in [-0.1, -0.05) is 36.4 Å². The molecule has 1 heterocycles. The lowest BCUT2D eigenvalue weighted by atomic mass is 9.95. The van der Waals surface area contributed by atoms with Crippen molar-refractivity contribution in [3.63, 3.8) is 0 Å². The number of rotatable bonds is 5. The van der Waals surface area contributed by atoms with Crippen molar-refractivity contribution in [3.8, 4) is 0 Å². The summed E-state index contributed by atoms with van der Waals surface area (Å²) in [4.78, 5) is 13.2. The molecule has 6 heteroatoms. The minimum absolute atomic E-state index is 0.199. The molecular formula is C22H26N2O3S. The van der Waals surface area contributed by atoms with Crippen molar-refractivity contribution in [3.05, 3.63) is 64.7 Å². The topological polar surface area (TPSA) is 66.5 Å². The number of fused-ring (bicyclic) bond motifs is 1. The van der Waals surface area contributed by atoms with E-state index in [1.165, 1.54) is 4.31 Å². The van der Waals surface area contributed by atoms with Gasteiger partial charge in [-0.05, 0) is 67.3 Å². The normalized spacial score (nSPS) is 19.9. The molecule has 0 aromatic heterocycles. The van der Waals surface area contributed by atoms with Crippen LogP contribution < -0.4 is 5.32 Å². The number of nitrogens with zero attached hydrogens (tertiary/aromatic N) is 1. The number of nitrogens with one attached hydrogen (secondary N) is 1. The standard InChI is InChI=1S/C22H26N2O3S/c1-15-7-8-16(2)21(11-15)28(26,27)24-14-19-6-4-3-5-18(19)12-20(24)22(25)23-13-17-9-10-17/h3-8,11,17,20H,9-10,12-14H2,1-2H3,(H,23,25)/t20-/m1/s1. The summed E-state index contributed by atoms with van der Waals surface area (Å²) in [5.41, 5.74) is 3.59. The maximum Gasteiger partial charge on any atom is 0.244 e. The molecule has 1 amide bonds. The highest BCUT2D eigenvalue weighted by molar-refractivity contribution is 7.89. The van der Waals surface area contributed by atoms with Crippen LogP contribution in [0.1, 0.15) is 35.1 Å². The molecule has 1 aliphatic carbocycles. The molecule has 2 aromatic carbocycles. The Balaban J connectivity index is 1.72. The first kappa shape index (κ1) is 19.2. The fourth-order valence-electron chi connectivity index (χ4n) is 3.77. The number of carbonyl (C=O) groups is 1. The van der Waals surface area contributed by atoms with Gasteiger partial charge in [-0.2, -0.15) is 4.31 Å². The van der Waals surface area contributed by atoms with E-state index in [1.54, 1.807) is 13.0 Å². The van der Waals surface area contributed by atoms with Gasteiger partial charge in [0.05, 0.1) is 4.90 Å². The summed E-state index contributed by atoms with van der Waals surface area (Å²) in [5, 5.41) is 2.98. The Labute approximate surface area is 166 Å². The third-order valence-electron chi connectivity index (χ3n) is 5.70. The van der Waals surface area contributed by atoms with Gasteiger partial charge in [0.15, 0.2) is 0 Å². The molecule has 5 nitrogen and oxygen atoms in total. The highest BCUT2D eigenvalue weighted by atomic mass is 32.2. The van der Waals surface area contributed by atoms with Crippen molar-refractivity contribution >= 4 is 15.9 Å². The zero-order chi connectivity index (χ0) is 19.9. The molecule has 1 N–H and O–H groups in total. The van der Waals surface area contributed by atoms with Crippen LogP contribution in [0.4, 0.5) is 0 Å². The van der Waals surface area contributed by atoms with Crippen molar-refractivity contribution in [1.29, 1.82) is 0 Å². The maximum atomic E-state index is 13.6. The van der Waals surface area contributed by atoms with Crippen LogP contribution in [0.25, 0.3) is 0 Å². The van der Waals surface area contributed by atoms with E-state index >= 15 is 0 Å². The molecule has 28 heavy (non-hydrogen) atoms. The van der Waals surface area contributed by atoms with E-state index in [9.17, 15) is 13.2 Å². The highest BCUT2D eigenvalue weighted by Crippen LogP contribution is 2.31. The predicted molar refractivity (Wildman–Crippen MR) is 108 cm³/mol. The number of aryl methyl sites for hydroxylation is 2. The summed E-state index contributed by atoms with van der Waals surface area (Å²) in [6, 6.07) is 12.5. The van der Waals surface area contributed by atoms with Gasteiger partial charge in [-0.3, -0.25) is 4.79 Å². The van der Waals surface area contributed by atoms with Crippen LogP contribution in [0.2, 0.25) is 0 Å². The average Bonchev–Trinajstić information content (AvgIpc) is 3.51. The van der Waals surface area contributed by atoms with E-state index in [-0.39, 0.29) is 17.3 Å². The summed E-state index contributed by atoms with van der Waals surface area (Å²) < 4.78 is 28.6. The predicted octanol–water partition coefficient (Wildman–Crippen LogP) is 2.95. The number of sulfonamides is 1. The van der Waals surface area contributed by atoms with Crippen LogP contribution >= 0.6 is 0 Å². The average molecular weight is 399 g/mol. The van der Waals surface area contributed by atoms with Crippen LogP contribution in [0, 0.1) is 19.8 Å². The van der Waals surface area contributed by atoms with Crippen LogP contribution in [0.3, 0.4) is 0 Å². The Kier molecular flexibility index (Phi) is 5.02. The Morgan fingerprint density at radius 2 is 1.82 bits per heavy atom. The van der Waals surface area contributed by atoms with Crippen LogP contribution in [-0.4, -0.2) is 31.2 Å². The van der Waals surface area contributed by atoms with E-state index in [4.69, 9.17) is 0 Å². The highest BCUT2D eigenvalue weighted by Gasteiger charge is 2.40. The molecule has 0 spiro atoms. The third kappa shape index (κ3) is 3.71. The van der Waals surface area contributed by atoms with Gasteiger partial charge >= 0.3 is 0 Å². The molecule has 0 radical (unpaired) electrons. The molecule has 1 saturated carbocycles. The van der Waals surface area contributed by atoms with Crippen LogP contribution in [0.5, 0.6) is 0 Å². The van der Waals surface area contributed by atoms with Crippen molar-refractivity contribution in [1.82, 2.24) is 9.62 Å². The second-order valence-corrected chi connectivity index (χ2v) is 9.86. The van der Waals surface area contributed by atoms with Gasteiger partial charge < -0.3 is 5.32 Å². The van der Waals surface area contributed by atoms with Gasteiger partial charge in [0.1, 0.15) is 6.04 Å². The van der Waals surface area contributed by atoms with Crippen LogP contribution in [-0.2, 0) is 27.8 Å². The van der Waals surface area contributed by atoms with Gasteiger partial charge in [0.2, 0.25) is 15.9 Å². The SMILES string of the molecule is Cc1ccc(C)c(S(=O)(=O)N2Cc3ccccc3C[C@@H]2C(=O)NCC2CC2)c1. The largest absolute Gasteiger partial charge is 0.354 e. The van der Waals surface area contributed by atoms with E-state index in [1.807, 2.05) is 43.3 Å². The zero-order valence-corrected chi connectivity index (χ0v) is 17.1. The Hall–Kier alpha value is -2.18. The molecule has 1 aliphatic heterocycles. The van der Waals surface area contributed by atoms with E-state index in [2.05, 4.69) is 5.32 Å². The molecule has 0 bridgehead atoms. The second kappa shape index (κ2) is 7.33. The number of hydrogen-bond donors (Lipinski definition) is 1. The minimum Gasteiger partial charge on any atom is -0.354 e. The number of amides is 1. The molecular weight excluding hydrogens is 372 g/mol. The summed E-state index contributed by atoms with van der Waals surface area (Å²) >= 11 is 0. The summed E-state index contributed by atoms with van der Waals surface area (Å²) in [5.74, 6) is 0.346. The molecule has 0 unspecified atom stereocenters. The maximum absolute atomic E-state index is 13.6. The Morgan fingerprint density at radius 3 is 2.54 bits per heavy atom. The first-order valence-electron chi connectivity index (χ1n) is 9.80. The summed E-state index contributed by atoms with van der Waals surface area (Å²) in [7, 11) is -3.80. The van der Waals surface area contributed by atoms with Crippen LogP contribution in [0.15, 0.2) is 47.4 Å². The smallest absolute Gasteiger partial charge is 0.244 e. The van der Waals surface area contributed by atoms with E-state index < -0.39 is 16.1 Å². The van der Waals surface area contributed by atoms with Crippen molar-refractivity contribution in [2.45, 2.75) is 50.6 Å². The second-order valence-electron chi connectivity index (χ2n) is 8.00. The van der Waals surface area contributed by atoms with Crippen molar-refractivity contribution in [2.24, 2.45) is 5.92 Å². The summed E-state index contributed by atoms with van der Waals surface area (Å²) in [6.45, 7) is 4.53.